The number of nitrogens with two attached hydrogens (primary N) is 1. The maximum atomic E-state index is 11.6. The van der Waals surface area contributed by atoms with Gasteiger partial charge in [0, 0.05) is 12.6 Å². The van der Waals surface area contributed by atoms with Crippen LogP contribution in [0.1, 0.15) is 33.6 Å². The highest BCUT2D eigenvalue weighted by atomic mass is 16.2. The van der Waals surface area contributed by atoms with Crippen molar-refractivity contribution in [3.05, 3.63) is 0 Å². The molecule has 15 heavy (non-hydrogen) atoms. The molecule has 3 N–H and O–H groups in total. The topological polar surface area (TPSA) is 58.4 Å². The number of carbonyl (C=O) groups excluding carboxylic acids is 1. The minimum absolute atomic E-state index is 0.0644. The van der Waals surface area contributed by atoms with Crippen molar-refractivity contribution in [2.45, 2.75) is 45.2 Å². The first-order valence-electron chi connectivity index (χ1n) is 5.76. The summed E-state index contributed by atoms with van der Waals surface area (Å²) in [6.45, 7) is 8.57. The van der Waals surface area contributed by atoms with E-state index in [9.17, 15) is 4.79 Å². The van der Waals surface area contributed by atoms with Gasteiger partial charge in [0.15, 0.2) is 0 Å². The van der Waals surface area contributed by atoms with Crippen LogP contribution in [0.25, 0.3) is 0 Å². The van der Waals surface area contributed by atoms with E-state index in [1.165, 1.54) is 12.8 Å². The summed E-state index contributed by atoms with van der Waals surface area (Å²) in [5.74, 6) is -0.0644. The fraction of sp³-hybridized carbons (Fsp3) is 0.909. The van der Waals surface area contributed by atoms with E-state index in [-0.39, 0.29) is 5.91 Å². The van der Waals surface area contributed by atoms with Gasteiger partial charge in [0.25, 0.3) is 0 Å². The SMILES string of the molecule is CCN1CCCC1CNC(=O)C(C)(C)N. The third kappa shape index (κ3) is 3.47. The molecule has 1 amide bonds. The highest BCUT2D eigenvalue weighted by molar-refractivity contribution is 5.85. The molecule has 1 aliphatic rings. The molecule has 4 nitrogen and oxygen atoms in total. The normalized spacial score (nSPS) is 23.1. The van der Waals surface area contributed by atoms with E-state index in [2.05, 4.69) is 17.1 Å². The fourth-order valence-electron chi connectivity index (χ4n) is 1.98. The Kier molecular flexibility index (Phi) is 4.11. The zero-order chi connectivity index (χ0) is 11.5. The maximum absolute atomic E-state index is 11.6. The lowest BCUT2D eigenvalue weighted by atomic mass is 10.1. The Morgan fingerprint density at radius 1 is 1.60 bits per heavy atom. The van der Waals surface area contributed by atoms with E-state index >= 15 is 0 Å². The smallest absolute Gasteiger partial charge is 0.239 e. The number of nitrogens with zero attached hydrogens (tertiary/aromatic N) is 1. The highest BCUT2D eigenvalue weighted by Gasteiger charge is 2.26. The second-order valence-electron chi connectivity index (χ2n) is 4.86. The number of likely N-dealkylation sites (tertiary alicyclic amines) is 1. The molecule has 0 aliphatic carbocycles. The fourth-order valence-corrected chi connectivity index (χ4v) is 1.98. The van der Waals surface area contributed by atoms with Gasteiger partial charge in [0.1, 0.15) is 0 Å². The third-order valence-electron chi connectivity index (χ3n) is 2.99. The molecule has 1 atom stereocenters. The molecule has 0 bridgehead atoms. The summed E-state index contributed by atoms with van der Waals surface area (Å²) in [5.41, 5.74) is 4.94. The third-order valence-corrected chi connectivity index (χ3v) is 2.99. The Hall–Kier alpha value is -0.610. The van der Waals surface area contributed by atoms with Crippen LogP contribution in [0.5, 0.6) is 0 Å². The first-order valence-corrected chi connectivity index (χ1v) is 5.76. The predicted molar refractivity (Wildman–Crippen MR) is 61.5 cm³/mol. The first kappa shape index (κ1) is 12.5. The van der Waals surface area contributed by atoms with Crippen LogP contribution >= 0.6 is 0 Å². The van der Waals surface area contributed by atoms with Crippen LogP contribution in [0.4, 0.5) is 0 Å². The van der Waals surface area contributed by atoms with Gasteiger partial charge >= 0.3 is 0 Å². The Labute approximate surface area is 92.2 Å². The van der Waals surface area contributed by atoms with E-state index in [0.29, 0.717) is 6.04 Å². The number of hydrogen-bond acceptors (Lipinski definition) is 3. The summed E-state index contributed by atoms with van der Waals surface area (Å²) < 4.78 is 0. The van der Waals surface area contributed by atoms with Gasteiger partial charge in [0.2, 0.25) is 5.91 Å². The van der Waals surface area contributed by atoms with Crippen molar-refractivity contribution < 1.29 is 4.79 Å². The molecule has 1 heterocycles. The second kappa shape index (κ2) is 4.94. The van der Waals surface area contributed by atoms with Crippen LogP contribution in [0.3, 0.4) is 0 Å². The average Bonchev–Trinajstić information content (AvgIpc) is 2.59. The van der Waals surface area contributed by atoms with Crippen molar-refractivity contribution in [2.24, 2.45) is 5.73 Å². The molecule has 0 spiro atoms. The Balaban J connectivity index is 2.34. The lowest BCUT2D eigenvalue weighted by Gasteiger charge is -2.25. The Bertz CT molecular complexity index is 222. The number of hydrogen-bond donors (Lipinski definition) is 2. The number of nitrogens with one attached hydrogen (secondary N) is 1. The van der Waals surface area contributed by atoms with Crippen molar-refractivity contribution in [2.75, 3.05) is 19.6 Å². The van der Waals surface area contributed by atoms with E-state index in [1.54, 1.807) is 13.8 Å². The van der Waals surface area contributed by atoms with Crippen molar-refractivity contribution in [1.82, 2.24) is 10.2 Å². The zero-order valence-corrected chi connectivity index (χ0v) is 10.0. The number of carbonyl (C=O) groups is 1. The van der Waals surface area contributed by atoms with E-state index in [4.69, 9.17) is 5.73 Å². The van der Waals surface area contributed by atoms with E-state index in [0.717, 1.165) is 19.6 Å². The van der Waals surface area contributed by atoms with Gasteiger partial charge < -0.3 is 11.1 Å². The summed E-state index contributed by atoms with van der Waals surface area (Å²) in [6.07, 6.45) is 2.42. The Morgan fingerprint density at radius 2 is 2.27 bits per heavy atom. The van der Waals surface area contributed by atoms with Gasteiger partial charge in [-0.15, -0.1) is 0 Å². The molecular weight excluding hydrogens is 190 g/mol. The first-order chi connectivity index (χ1) is 6.95. The molecular formula is C11H23N3O. The summed E-state index contributed by atoms with van der Waals surface area (Å²) in [5, 5.41) is 2.92. The van der Waals surface area contributed by atoms with Gasteiger partial charge in [-0.25, -0.2) is 0 Å². The summed E-state index contributed by atoms with van der Waals surface area (Å²) in [4.78, 5) is 14.0. The molecule has 1 fully saturated rings. The average molecular weight is 213 g/mol. The van der Waals surface area contributed by atoms with Gasteiger partial charge in [0.05, 0.1) is 5.54 Å². The lowest BCUT2D eigenvalue weighted by molar-refractivity contribution is -0.125. The molecule has 0 aromatic rings. The molecule has 0 aromatic heterocycles. The van der Waals surface area contributed by atoms with Crippen LogP contribution in [0.15, 0.2) is 0 Å². The van der Waals surface area contributed by atoms with Gasteiger partial charge in [-0.2, -0.15) is 0 Å². The Morgan fingerprint density at radius 3 is 2.80 bits per heavy atom. The van der Waals surface area contributed by atoms with Gasteiger partial charge in [-0.1, -0.05) is 6.92 Å². The standard InChI is InChI=1S/C11H23N3O/c1-4-14-7-5-6-9(14)8-13-10(15)11(2,3)12/h9H,4-8,12H2,1-3H3,(H,13,15). The van der Waals surface area contributed by atoms with E-state index < -0.39 is 5.54 Å². The minimum Gasteiger partial charge on any atom is -0.353 e. The van der Waals surface area contributed by atoms with Crippen LogP contribution < -0.4 is 11.1 Å². The molecule has 1 unspecified atom stereocenters. The zero-order valence-electron chi connectivity index (χ0n) is 10.0. The van der Waals surface area contributed by atoms with Crippen LogP contribution in [-0.4, -0.2) is 42.0 Å². The highest BCUT2D eigenvalue weighted by Crippen LogP contribution is 2.15. The quantitative estimate of drug-likeness (QED) is 0.707. The molecule has 1 aliphatic heterocycles. The van der Waals surface area contributed by atoms with Gasteiger partial charge in [-0.3, -0.25) is 9.69 Å². The number of amides is 1. The lowest BCUT2D eigenvalue weighted by Crippen LogP contribution is -2.51. The van der Waals surface area contributed by atoms with Crippen LogP contribution in [0, 0.1) is 0 Å². The number of rotatable bonds is 4. The minimum atomic E-state index is -0.768. The molecule has 4 heteroatoms. The van der Waals surface area contributed by atoms with Gasteiger partial charge in [-0.05, 0) is 39.8 Å². The predicted octanol–water partition coefficient (Wildman–Crippen LogP) is 0.324. The summed E-state index contributed by atoms with van der Waals surface area (Å²) in [7, 11) is 0. The largest absolute Gasteiger partial charge is 0.353 e. The summed E-state index contributed by atoms with van der Waals surface area (Å²) >= 11 is 0. The van der Waals surface area contributed by atoms with Crippen molar-refractivity contribution >= 4 is 5.91 Å². The van der Waals surface area contributed by atoms with Crippen LogP contribution in [-0.2, 0) is 4.79 Å². The maximum Gasteiger partial charge on any atom is 0.239 e. The van der Waals surface area contributed by atoms with Crippen molar-refractivity contribution in [1.29, 1.82) is 0 Å². The monoisotopic (exact) mass is 213 g/mol. The second-order valence-corrected chi connectivity index (χ2v) is 4.86. The molecule has 0 saturated carbocycles. The molecule has 0 aromatic carbocycles. The molecule has 1 saturated heterocycles. The van der Waals surface area contributed by atoms with E-state index in [1.807, 2.05) is 0 Å². The number of likely N-dealkylation sites (N-methyl/N-ethyl adjacent to an activating group) is 1. The van der Waals surface area contributed by atoms with Crippen molar-refractivity contribution in [3.8, 4) is 0 Å². The molecule has 1 rings (SSSR count). The van der Waals surface area contributed by atoms with Crippen LogP contribution in [0.2, 0.25) is 0 Å². The summed E-state index contributed by atoms with van der Waals surface area (Å²) in [6, 6.07) is 0.501. The molecule has 0 radical (unpaired) electrons. The van der Waals surface area contributed by atoms with Crippen molar-refractivity contribution in [3.63, 3.8) is 0 Å². The molecule has 88 valence electrons.